The molecule has 0 aliphatic carbocycles. The van der Waals surface area contributed by atoms with Gasteiger partial charge in [-0.05, 0) is 43.2 Å². The van der Waals surface area contributed by atoms with Gasteiger partial charge in [0.2, 0.25) is 12.3 Å². The van der Waals surface area contributed by atoms with Crippen LogP contribution in [0.25, 0.3) is 22.7 Å². The fourth-order valence-electron chi connectivity index (χ4n) is 4.12. The molecule has 0 spiro atoms. The number of alkyl halides is 2. The van der Waals surface area contributed by atoms with Crippen molar-refractivity contribution < 1.29 is 26.8 Å². The minimum Gasteiger partial charge on any atom is -0.415 e. The third-order valence-electron chi connectivity index (χ3n) is 6.09. The number of halogens is 4. The van der Waals surface area contributed by atoms with Crippen LogP contribution >= 0.6 is 0 Å². The van der Waals surface area contributed by atoms with Gasteiger partial charge in [0, 0.05) is 41.5 Å². The van der Waals surface area contributed by atoms with E-state index >= 15 is 0 Å². The second-order valence-corrected chi connectivity index (χ2v) is 8.61. The first-order valence-corrected chi connectivity index (χ1v) is 11.5. The minimum atomic E-state index is -2.92. The van der Waals surface area contributed by atoms with Gasteiger partial charge < -0.3 is 14.6 Å². The van der Waals surface area contributed by atoms with Crippen LogP contribution in [0, 0.1) is 11.6 Å². The number of benzene rings is 2. The molecule has 2 aromatic heterocycles. The Labute approximate surface area is 208 Å². The maximum absolute atomic E-state index is 14.7. The van der Waals surface area contributed by atoms with E-state index < -0.39 is 24.0 Å². The monoisotopic (exact) mass is 515 g/mol. The van der Waals surface area contributed by atoms with Gasteiger partial charge in [-0.3, -0.25) is 4.79 Å². The summed E-state index contributed by atoms with van der Waals surface area (Å²) < 4.78 is 60.9. The fourth-order valence-corrected chi connectivity index (χ4v) is 4.12. The van der Waals surface area contributed by atoms with Gasteiger partial charge in [-0.15, -0.1) is 15.3 Å². The third-order valence-corrected chi connectivity index (χ3v) is 6.09. The predicted molar refractivity (Wildman–Crippen MR) is 123 cm³/mol. The molecule has 1 aliphatic rings. The zero-order valence-corrected chi connectivity index (χ0v) is 19.3. The van der Waals surface area contributed by atoms with E-state index in [0.29, 0.717) is 18.8 Å². The molecule has 1 N–H and O–H groups in total. The number of hydrogen-bond donors (Lipinski definition) is 1. The van der Waals surface area contributed by atoms with E-state index in [0.717, 1.165) is 25.3 Å². The van der Waals surface area contributed by atoms with Gasteiger partial charge in [-0.1, -0.05) is 11.3 Å². The van der Waals surface area contributed by atoms with E-state index in [1.165, 1.54) is 29.1 Å². The number of amides is 1. The Morgan fingerprint density at radius 3 is 2.57 bits per heavy atom. The summed E-state index contributed by atoms with van der Waals surface area (Å²) in [5.74, 6) is -2.18. The molecule has 0 radical (unpaired) electrons. The number of likely N-dealkylation sites (tertiary alicyclic amines) is 1. The number of carbonyl (C=O) groups is 1. The van der Waals surface area contributed by atoms with Gasteiger partial charge in [0.25, 0.3) is 5.89 Å². The zero-order chi connectivity index (χ0) is 25.9. The second-order valence-electron chi connectivity index (χ2n) is 8.61. The van der Waals surface area contributed by atoms with Crippen molar-refractivity contribution in [1.29, 1.82) is 0 Å². The Morgan fingerprint density at radius 1 is 1.05 bits per heavy atom. The summed E-state index contributed by atoms with van der Waals surface area (Å²) in [6, 6.07) is 8.79. The number of anilines is 1. The summed E-state index contributed by atoms with van der Waals surface area (Å²) in [6.07, 6.45) is 0.993. The average Bonchev–Trinajstić information content (AvgIpc) is 3.57. The maximum atomic E-state index is 14.7. The van der Waals surface area contributed by atoms with Crippen molar-refractivity contribution in [3.63, 3.8) is 0 Å². The van der Waals surface area contributed by atoms with Crippen molar-refractivity contribution in [2.24, 2.45) is 0 Å². The SMILES string of the molecule is O=CN1CCC(Nc2ccc(F)c(-c3cn(Cc4ccc(-c5nnc(C(F)F)o5)cc4F)nn3)c2)CC1. The molecule has 0 saturated carbocycles. The fraction of sp³-hybridized carbons (Fsp3) is 0.292. The highest BCUT2D eigenvalue weighted by Crippen LogP contribution is 2.27. The smallest absolute Gasteiger partial charge is 0.314 e. The average molecular weight is 515 g/mol. The molecule has 3 heterocycles. The number of hydrogen-bond acceptors (Lipinski definition) is 7. The summed E-state index contributed by atoms with van der Waals surface area (Å²) in [6.45, 7) is 1.32. The van der Waals surface area contributed by atoms with Crippen LogP contribution in [0.3, 0.4) is 0 Å². The Morgan fingerprint density at radius 2 is 1.86 bits per heavy atom. The van der Waals surface area contributed by atoms with Crippen molar-refractivity contribution in [1.82, 2.24) is 30.1 Å². The molecule has 37 heavy (non-hydrogen) atoms. The number of rotatable bonds is 8. The number of carbonyl (C=O) groups excluding carboxylic acids is 1. The van der Waals surface area contributed by atoms with Crippen molar-refractivity contribution >= 4 is 12.1 Å². The summed E-state index contributed by atoms with van der Waals surface area (Å²) in [4.78, 5) is 12.6. The molecule has 0 atom stereocenters. The van der Waals surface area contributed by atoms with Crippen LogP contribution in [0.5, 0.6) is 0 Å². The summed E-state index contributed by atoms with van der Waals surface area (Å²) in [5.41, 5.74) is 1.63. The summed E-state index contributed by atoms with van der Waals surface area (Å²) in [5, 5.41) is 18.1. The third kappa shape index (κ3) is 5.44. The Kier molecular flexibility index (Phi) is 6.84. The lowest BCUT2D eigenvalue weighted by Crippen LogP contribution is -2.38. The molecule has 13 heteroatoms. The van der Waals surface area contributed by atoms with Crippen LogP contribution in [-0.2, 0) is 11.3 Å². The van der Waals surface area contributed by atoms with Crippen LogP contribution in [0.15, 0.2) is 47.0 Å². The highest BCUT2D eigenvalue weighted by molar-refractivity contribution is 5.65. The standard InChI is InChI=1S/C24H21F4N7O2/c25-19-4-3-17(29-16-5-7-34(13-36)8-6-16)10-18(19)21-12-35(33-30-21)11-15-2-1-14(9-20(15)26)23-31-32-24(37-23)22(27)28/h1-4,9-10,12-13,16,22,29H,5-8,11H2. The number of nitrogens with zero attached hydrogens (tertiary/aromatic N) is 6. The molecule has 1 amide bonds. The van der Waals surface area contributed by atoms with Crippen molar-refractivity contribution in [3.8, 4) is 22.7 Å². The predicted octanol–water partition coefficient (Wildman–Crippen LogP) is 4.29. The van der Waals surface area contributed by atoms with Crippen LogP contribution in [-0.4, -0.2) is 55.6 Å². The van der Waals surface area contributed by atoms with Crippen LogP contribution < -0.4 is 5.32 Å². The number of piperidine rings is 1. The van der Waals surface area contributed by atoms with Crippen molar-refractivity contribution in [2.75, 3.05) is 18.4 Å². The lowest BCUT2D eigenvalue weighted by Gasteiger charge is -2.30. The van der Waals surface area contributed by atoms with Gasteiger partial charge in [0.1, 0.15) is 17.3 Å². The highest BCUT2D eigenvalue weighted by Gasteiger charge is 2.20. The second kappa shape index (κ2) is 10.4. The summed E-state index contributed by atoms with van der Waals surface area (Å²) >= 11 is 0. The van der Waals surface area contributed by atoms with E-state index in [4.69, 9.17) is 4.42 Å². The number of nitrogens with one attached hydrogen (secondary N) is 1. The van der Waals surface area contributed by atoms with E-state index in [1.807, 2.05) is 0 Å². The van der Waals surface area contributed by atoms with E-state index in [9.17, 15) is 22.4 Å². The zero-order valence-electron chi connectivity index (χ0n) is 19.3. The molecule has 9 nitrogen and oxygen atoms in total. The van der Waals surface area contributed by atoms with Gasteiger partial charge >= 0.3 is 6.43 Å². The lowest BCUT2D eigenvalue weighted by atomic mass is 10.0. The van der Waals surface area contributed by atoms with Crippen molar-refractivity contribution in [3.05, 3.63) is 65.7 Å². The van der Waals surface area contributed by atoms with Gasteiger partial charge in [0.15, 0.2) is 0 Å². The molecule has 1 saturated heterocycles. The van der Waals surface area contributed by atoms with E-state index in [-0.39, 0.29) is 40.9 Å². The van der Waals surface area contributed by atoms with Crippen LogP contribution in [0.2, 0.25) is 0 Å². The van der Waals surface area contributed by atoms with Gasteiger partial charge in [-0.2, -0.15) is 8.78 Å². The van der Waals surface area contributed by atoms with Gasteiger partial charge in [0.05, 0.1) is 12.7 Å². The Balaban J connectivity index is 1.28. The normalized spacial score (nSPS) is 14.4. The Hall–Kier alpha value is -4.29. The Bertz CT molecular complexity index is 1400. The topological polar surface area (TPSA) is 102 Å². The van der Waals surface area contributed by atoms with Crippen LogP contribution in [0.1, 0.15) is 30.7 Å². The largest absolute Gasteiger partial charge is 0.415 e. The molecule has 0 bridgehead atoms. The van der Waals surface area contributed by atoms with E-state index in [2.05, 4.69) is 25.8 Å². The number of aromatic nitrogens is 5. The first-order valence-electron chi connectivity index (χ1n) is 11.5. The van der Waals surface area contributed by atoms with Crippen molar-refractivity contribution in [2.45, 2.75) is 31.9 Å². The molecule has 5 rings (SSSR count). The molecular weight excluding hydrogens is 494 g/mol. The lowest BCUT2D eigenvalue weighted by molar-refractivity contribution is -0.118. The quantitative estimate of drug-likeness (QED) is 0.276. The molecular formula is C24H21F4N7O2. The summed E-state index contributed by atoms with van der Waals surface area (Å²) in [7, 11) is 0. The highest BCUT2D eigenvalue weighted by atomic mass is 19.3. The molecule has 2 aromatic carbocycles. The molecule has 1 fully saturated rings. The maximum Gasteiger partial charge on any atom is 0.314 e. The first-order chi connectivity index (χ1) is 17.9. The molecule has 192 valence electrons. The first kappa shape index (κ1) is 24.4. The van der Waals surface area contributed by atoms with E-state index in [1.54, 1.807) is 17.0 Å². The molecule has 4 aromatic rings. The van der Waals surface area contributed by atoms with Gasteiger partial charge in [-0.25, -0.2) is 13.5 Å². The minimum absolute atomic E-state index is 0.0000958. The molecule has 0 unspecified atom stereocenters. The van der Waals surface area contributed by atoms with Crippen LogP contribution in [0.4, 0.5) is 23.2 Å². The molecule has 1 aliphatic heterocycles.